The molecule has 0 aromatic heterocycles. The fraction of sp³-hybridized carbons (Fsp3) is 0.462. The van der Waals surface area contributed by atoms with Gasteiger partial charge in [-0.25, -0.2) is 0 Å². The van der Waals surface area contributed by atoms with Gasteiger partial charge < -0.3 is 15.4 Å². The van der Waals surface area contributed by atoms with Crippen LogP contribution in [0, 0.1) is 0 Å². The van der Waals surface area contributed by atoms with E-state index in [1.54, 1.807) is 12.1 Å². The second kappa shape index (κ2) is 11.7. The number of rotatable bonds is 12. The summed E-state index contributed by atoms with van der Waals surface area (Å²) in [6.45, 7) is 4.19. The lowest BCUT2D eigenvalue weighted by molar-refractivity contribution is 0.0451. The Labute approximate surface area is 192 Å². The van der Waals surface area contributed by atoms with Crippen LogP contribution in [0.2, 0.25) is 0 Å². The van der Waals surface area contributed by atoms with Crippen molar-refractivity contribution >= 4 is 11.8 Å². The number of ether oxygens (including phenoxy) is 1. The topological polar surface area (TPSA) is 71.2 Å². The number of hydrogen-bond acceptors (Lipinski definition) is 5. The maximum absolute atomic E-state index is 11.3. The summed E-state index contributed by atoms with van der Waals surface area (Å²) in [5.41, 5.74) is 8.11. The molecule has 0 saturated heterocycles. The standard InChI is InChI=1S/C26H36N4O2/c1-20(21-11-5-4-6-12-21)10-7-8-19-30-24(13-9-18-29(2)3)32-26(28-30)23-16-14-22(15-17-23)25(27)31/h4-6,11-12,14-17,20,24H,7-10,13,18-19H2,1-3H3,(H2,27,31). The zero-order valence-electron chi connectivity index (χ0n) is 19.5. The van der Waals surface area contributed by atoms with Gasteiger partial charge in [0.1, 0.15) is 0 Å². The van der Waals surface area contributed by atoms with E-state index >= 15 is 0 Å². The molecular formula is C26H36N4O2. The van der Waals surface area contributed by atoms with Crippen molar-refractivity contribution in [2.45, 2.75) is 51.2 Å². The van der Waals surface area contributed by atoms with Crippen LogP contribution in [0.1, 0.15) is 66.4 Å². The molecule has 1 aliphatic rings. The van der Waals surface area contributed by atoms with Crippen molar-refractivity contribution in [3.05, 3.63) is 71.3 Å². The monoisotopic (exact) mass is 436 g/mol. The van der Waals surface area contributed by atoms with Crippen molar-refractivity contribution in [2.24, 2.45) is 10.8 Å². The fourth-order valence-corrected chi connectivity index (χ4v) is 3.95. The molecule has 2 N–H and O–H groups in total. The minimum atomic E-state index is -0.432. The number of hydrazone groups is 1. The molecule has 1 amide bonds. The van der Waals surface area contributed by atoms with Crippen LogP contribution in [0.4, 0.5) is 0 Å². The number of hydrogen-bond donors (Lipinski definition) is 1. The van der Waals surface area contributed by atoms with Gasteiger partial charge in [0.25, 0.3) is 0 Å². The van der Waals surface area contributed by atoms with Gasteiger partial charge in [0.15, 0.2) is 6.23 Å². The van der Waals surface area contributed by atoms with Gasteiger partial charge in [-0.05, 0) is 75.6 Å². The summed E-state index contributed by atoms with van der Waals surface area (Å²) in [7, 11) is 4.17. The number of nitrogens with two attached hydrogens (primary N) is 1. The molecule has 6 heteroatoms. The van der Waals surface area contributed by atoms with E-state index in [0.29, 0.717) is 17.4 Å². The first-order valence-corrected chi connectivity index (χ1v) is 11.6. The van der Waals surface area contributed by atoms with E-state index in [1.165, 1.54) is 5.56 Å². The zero-order valence-corrected chi connectivity index (χ0v) is 19.5. The molecule has 2 aromatic rings. The number of benzene rings is 2. The Kier molecular flexibility index (Phi) is 8.68. The summed E-state index contributed by atoms with van der Waals surface area (Å²) in [6, 6.07) is 17.8. The molecule has 6 nitrogen and oxygen atoms in total. The molecule has 0 radical (unpaired) electrons. The van der Waals surface area contributed by atoms with E-state index in [4.69, 9.17) is 15.6 Å². The van der Waals surface area contributed by atoms with Crippen LogP contribution >= 0.6 is 0 Å². The minimum absolute atomic E-state index is 0.0488. The van der Waals surface area contributed by atoms with Crippen molar-refractivity contribution in [3.8, 4) is 0 Å². The molecule has 0 bridgehead atoms. The Hall–Kier alpha value is -2.86. The van der Waals surface area contributed by atoms with Crippen LogP contribution in [0.25, 0.3) is 0 Å². The van der Waals surface area contributed by atoms with Crippen LogP contribution in [-0.2, 0) is 4.74 Å². The van der Waals surface area contributed by atoms with Crippen LogP contribution in [0.5, 0.6) is 0 Å². The molecule has 2 atom stereocenters. The molecule has 2 unspecified atom stereocenters. The number of unbranched alkanes of at least 4 members (excludes halogenated alkanes) is 1. The number of amides is 1. The second-order valence-corrected chi connectivity index (χ2v) is 8.84. The Morgan fingerprint density at radius 1 is 1.09 bits per heavy atom. The van der Waals surface area contributed by atoms with Crippen molar-refractivity contribution in [3.63, 3.8) is 0 Å². The van der Waals surface area contributed by atoms with Crippen molar-refractivity contribution < 1.29 is 9.53 Å². The fourth-order valence-electron chi connectivity index (χ4n) is 3.95. The summed E-state index contributed by atoms with van der Waals surface area (Å²) in [5.74, 6) is 0.747. The van der Waals surface area contributed by atoms with Crippen LogP contribution in [0.3, 0.4) is 0 Å². The smallest absolute Gasteiger partial charge is 0.248 e. The normalized spacial score (nSPS) is 16.7. The number of carbonyl (C=O) groups excluding carboxylic acids is 1. The maximum atomic E-state index is 11.3. The van der Waals surface area contributed by atoms with Crippen LogP contribution in [0.15, 0.2) is 59.7 Å². The van der Waals surface area contributed by atoms with Gasteiger partial charge in [-0.3, -0.25) is 9.80 Å². The van der Waals surface area contributed by atoms with Gasteiger partial charge in [-0.15, -0.1) is 5.10 Å². The van der Waals surface area contributed by atoms with E-state index in [1.807, 2.05) is 12.1 Å². The second-order valence-electron chi connectivity index (χ2n) is 8.84. The Morgan fingerprint density at radius 2 is 1.81 bits per heavy atom. The van der Waals surface area contributed by atoms with Crippen molar-refractivity contribution in [1.29, 1.82) is 0 Å². The van der Waals surface area contributed by atoms with Gasteiger partial charge in [0.2, 0.25) is 11.8 Å². The summed E-state index contributed by atoms with van der Waals surface area (Å²) >= 11 is 0. The van der Waals surface area contributed by atoms with E-state index in [9.17, 15) is 4.79 Å². The third kappa shape index (κ3) is 6.82. The highest BCUT2D eigenvalue weighted by Gasteiger charge is 2.28. The predicted octanol–water partition coefficient (Wildman–Crippen LogP) is 4.42. The zero-order chi connectivity index (χ0) is 22.9. The van der Waals surface area contributed by atoms with Gasteiger partial charge in [0, 0.05) is 24.1 Å². The molecule has 172 valence electrons. The van der Waals surface area contributed by atoms with E-state index < -0.39 is 5.91 Å². The molecule has 1 heterocycles. The maximum Gasteiger partial charge on any atom is 0.248 e. The predicted molar refractivity (Wildman–Crippen MR) is 130 cm³/mol. The highest BCUT2D eigenvalue weighted by atomic mass is 16.5. The highest BCUT2D eigenvalue weighted by molar-refractivity contribution is 5.97. The molecular weight excluding hydrogens is 400 g/mol. The quantitative estimate of drug-likeness (QED) is 0.500. The van der Waals surface area contributed by atoms with E-state index in [0.717, 1.165) is 50.8 Å². The summed E-state index contributed by atoms with van der Waals surface area (Å²) < 4.78 is 6.23. The lowest BCUT2D eigenvalue weighted by atomic mass is 9.95. The third-order valence-electron chi connectivity index (χ3n) is 5.92. The third-order valence-corrected chi connectivity index (χ3v) is 5.92. The molecule has 2 aromatic carbocycles. The first-order chi connectivity index (χ1) is 15.4. The van der Waals surface area contributed by atoms with Crippen LogP contribution in [-0.4, -0.2) is 55.1 Å². The average molecular weight is 437 g/mol. The van der Waals surface area contributed by atoms with Gasteiger partial charge in [-0.2, -0.15) is 0 Å². The number of carbonyl (C=O) groups is 1. The van der Waals surface area contributed by atoms with Crippen LogP contribution < -0.4 is 5.73 Å². The Balaban J connectivity index is 1.57. The molecule has 1 aliphatic heterocycles. The first-order valence-electron chi connectivity index (χ1n) is 11.6. The average Bonchev–Trinajstić information content (AvgIpc) is 3.20. The summed E-state index contributed by atoms with van der Waals surface area (Å²) in [5, 5.41) is 6.88. The lowest BCUT2D eigenvalue weighted by Crippen LogP contribution is -2.30. The molecule has 0 saturated carbocycles. The van der Waals surface area contributed by atoms with E-state index in [-0.39, 0.29) is 6.23 Å². The van der Waals surface area contributed by atoms with E-state index in [2.05, 4.69) is 61.3 Å². The molecule has 0 spiro atoms. The lowest BCUT2D eigenvalue weighted by Gasteiger charge is -2.23. The van der Waals surface area contributed by atoms with Crippen molar-refractivity contribution in [2.75, 3.05) is 27.2 Å². The molecule has 0 aliphatic carbocycles. The van der Waals surface area contributed by atoms with Gasteiger partial charge in [-0.1, -0.05) is 43.7 Å². The minimum Gasteiger partial charge on any atom is -0.451 e. The summed E-state index contributed by atoms with van der Waals surface area (Å²) in [6.07, 6.45) is 5.30. The highest BCUT2D eigenvalue weighted by Crippen LogP contribution is 2.24. The molecule has 3 rings (SSSR count). The molecule has 0 fully saturated rings. The molecule has 32 heavy (non-hydrogen) atoms. The Bertz CT molecular complexity index is 880. The summed E-state index contributed by atoms with van der Waals surface area (Å²) in [4.78, 5) is 13.5. The Morgan fingerprint density at radius 3 is 2.47 bits per heavy atom. The number of primary amides is 1. The van der Waals surface area contributed by atoms with Gasteiger partial charge >= 0.3 is 0 Å². The largest absolute Gasteiger partial charge is 0.451 e. The van der Waals surface area contributed by atoms with Crippen molar-refractivity contribution in [1.82, 2.24) is 9.91 Å². The van der Waals surface area contributed by atoms with Gasteiger partial charge in [0.05, 0.1) is 0 Å². The number of nitrogens with zero attached hydrogens (tertiary/aromatic N) is 3. The SMILES string of the molecule is CC(CCCCN1N=C(c2ccc(C(N)=O)cc2)OC1CCCN(C)C)c1ccccc1. The first kappa shape index (κ1) is 23.8.